The van der Waals surface area contributed by atoms with E-state index in [0.717, 1.165) is 18.5 Å². The summed E-state index contributed by atoms with van der Waals surface area (Å²) in [7, 11) is 0. The van der Waals surface area contributed by atoms with E-state index >= 15 is 0 Å². The van der Waals surface area contributed by atoms with Crippen molar-refractivity contribution in [2.75, 3.05) is 5.32 Å². The van der Waals surface area contributed by atoms with Gasteiger partial charge in [-0.3, -0.25) is 14.6 Å². The standard InChI is InChI=1S/C19H18ClN5O2/c1-10-11(2)21-19(23-17(10)26)25-16(9-15(24-25)12-7-8-12)22-18(27)13-5-3-4-6-14(13)20/h3-6,9,12H,7-8H2,1-2H3,(H,22,27)(H,21,23,26). The Morgan fingerprint density at radius 1 is 1.30 bits per heavy atom. The van der Waals surface area contributed by atoms with Crippen LogP contribution < -0.4 is 10.9 Å². The molecule has 0 aliphatic heterocycles. The lowest BCUT2D eigenvalue weighted by Gasteiger charge is -2.10. The maximum atomic E-state index is 12.7. The molecule has 0 unspecified atom stereocenters. The van der Waals surface area contributed by atoms with Crippen LogP contribution in [0.3, 0.4) is 0 Å². The molecule has 3 aromatic rings. The Balaban J connectivity index is 1.75. The minimum Gasteiger partial charge on any atom is -0.306 e. The van der Waals surface area contributed by atoms with Crippen LogP contribution in [0.25, 0.3) is 5.95 Å². The van der Waals surface area contributed by atoms with Gasteiger partial charge >= 0.3 is 0 Å². The van der Waals surface area contributed by atoms with E-state index < -0.39 is 0 Å². The molecule has 0 spiro atoms. The van der Waals surface area contributed by atoms with Gasteiger partial charge in [0.25, 0.3) is 11.5 Å². The average molecular weight is 384 g/mol. The highest BCUT2D eigenvalue weighted by Gasteiger charge is 2.28. The Morgan fingerprint density at radius 3 is 2.70 bits per heavy atom. The van der Waals surface area contributed by atoms with Gasteiger partial charge in [0.05, 0.1) is 16.3 Å². The van der Waals surface area contributed by atoms with Crippen molar-refractivity contribution in [1.82, 2.24) is 19.7 Å². The molecule has 7 nitrogen and oxygen atoms in total. The molecule has 1 aliphatic carbocycles. The highest BCUT2D eigenvalue weighted by atomic mass is 35.5. The van der Waals surface area contributed by atoms with Crippen LogP contribution in [0, 0.1) is 13.8 Å². The van der Waals surface area contributed by atoms with E-state index in [9.17, 15) is 9.59 Å². The number of hydrogen-bond acceptors (Lipinski definition) is 4. The monoisotopic (exact) mass is 383 g/mol. The summed E-state index contributed by atoms with van der Waals surface area (Å²) in [6.45, 7) is 3.48. The normalized spacial score (nSPS) is 13.6. The molecule has 2 heterocycles. The average Bonchev–Trinajstić information content (AvgIpc) is 3.40. The quantitative estimate of drug-likeness (QED) is 0.722. The molecule has 0 atom stereocenters. The van der Waals surface area contributed by atoms with Gasteiger partial charge in [0.15, 0.2) is 0 Å². The zero-order valence-electron chi connectivity index (χ0n) is 14.9. The van der Waals surface area contributed by atoms with Gasteiger partial charge in [-0.1, -0.05) is 23.7 Å². The van der Waals surface area contributed by atoms with E-state index in [-0.39, 0.29) is 17.4 Å². The van der Waals surface area contributed by atoms with E-state index in [1.165, 1.54) is 4.68 Å². The second kappa shape index (κ2) is 6.66. The van der Waals surface area contributed by atoms with Gasteiger partial charge in [-0.05, 0) is 38.8 Å². The smallest absolute Gasteiger partial charge is 0.258 e. The van der Waals surface area contributed by atoms with Gasteiger partial charge in [0.2, 0.25) is 5.95 Å². The lowest BCUT2D eigenvalue weighted by molar-refractivity contribution is 0.102. The van der Waals surface area contributed by atoms with Crippen LogP contribution in [-0.2, 0) is 0 Å². The topological polar surface area (TPSA) is 92.7 Å². The molecule has 8 heteroatoms. The number of hydrogen-bond donors (Lipinski definition) is 2. The van der Waals surface area contributed by atoms with Gasteiger partial charge in [0, 0.05) is 23.2 Å². The summed E-state index contributed by atoms with van der Waals surface area (Å²) in [4.78, 5) is 32.0. The Bertz CT molecular complexity index is 1100. The Labute approximate surface area is 160 Å². The summed E-state index contributed by atoms with van der Waals surface area (Å²) in [5.74, 6) is 0.730. The van der Waals surface area contributed by atoms with Crippen molar-refractivity contribution in [3.05, 3.63) is 68.2 Å². The second-order valence-electron chi connectivity index (χ2n) is 6.67. The number of nitrogens with one attached hydrogen (secondary N) is 2. The molecule has 1 aliphatic rings. The van der Waals surface area contributed by atoms with Gasteiger partial charge < -0.3 is 5.32 Å². The number of benzene rings is 1. The molecule has 1 saturated carbocycles. The van der Waals surface area contributed by atoms with Crippen molar-refractivity contribution in [2.24, 2.45) is 0 Å². The van der Waals surface area contributed by atoms with E-state index in [4.69, 9.17) is 11.6 Å². The number of halogens is 1. The number of carbonyl (C=O) groups excluding carboxylic acids is 1. The van der Waals surface area contributed by atoms with Gasteiger partial charge in [0.1, 0.15) is 5.82 Å². The molecule has 2 aromatic heterocycles. The molecule has 1 aromatic carbocycles. The molecule has 1 fully saturated rings. The molecule has 0 bridgehead atoms. The molecule has 138 valence electrons. The molecular formula is C19H18ClN5O2. The first-order valence-electron chi connectivity index (χ1n) is 8.68. The molecule has 27 heavy (non-hydrogen) atoms. The fourth-order valence-electron chi connectivity index (χ4n) is 2.79. The first kappa shape index (κ1) is 17.5. The summed E-state index contributed by atoms with van der Waals surface area (Å²) >= 11 is 6.12. The van der Waals surface area contributed by atoms with E-state index in [0.29, 0.717) is 33.6 Å². The highest BCUT2D eigenvalue weighted by Crippen LogP contribution is 2.40. The summed E-state index contributed by atoms with van der Waals surface area (Å²) < 4.78 is 1.47. The van der Waals surface area contributed by atoms with Crippen molar-refractivity contribution in [3.63, 3.8) is 0 Å². The van der Waals surface area contributed by atoms with Crippen LogP contribution in [0.2, 0.25) is 5.02 Å². The van der Waals surface area contributed by atoms with Crippen molar-refractivity contribution in [3.8, 4) is 5.95 Å². The summed E-state index contributed by atoms with van der Waals surface area (Å²) in [6.07, 6.45) is 2.12. The molecule has 0 radical (unpaired) electrons. The summed E-state index contributed by atoms with van der Waals surface area (Å²) in [6, 6.07) is 8.64. The summed E-state index contributed by atoms with van der Waals surface area (Å²) in [5, 5.41) is 7.76. The van der Waals surface area contributed by atoms with Gasteiger partial charge in [-0.25, -0.2) is 4.98 Å². The van der Waals surface area contributed by atoms with Crippen LogP contribution in [0.1, 0.15) is 46.1 Å². The lowest BCUT2D eigenvalue weighted by Crippen LogP contribution is -2.21. The third-order valence-electron chi connectivity index (χ3n) is 4.67. The predicted octanol–water partition coefficient (Wildman–Crippen LogP) is 3.36. The minimum atomic E-state index is -0.352. The van der Waals surface area contributed by atoms with E-state index in [2.05, 4.69) is 20.4 Å². The SMILES string of the molecule is Cc1nc(-n2nc(C3CC3)cc2NC(=O)c2ccccc2Cl)[nH]c(=O)c1C. The number of nitrogens with zero attached hydrogens (tertiary/aromatic N) is 3. The van der Waals surface area contributed by atoms with Crippen LogP contribution in [0.4, 0.5) is 5.82 Å². The van der Waals surface area contributed by atoms with Crippen molar-refractivity contribution in [1.29, 1.82) is 0 Å². The first-order chi connectivity index (χ1) is 12.9. The lowest BCUT2D eigenvalue weighted by atomic mass is 10.2. The number of aryl methyl sites for hydroxylation is 1. The Morgan fingerprint density at radius 2 is 2.04 bits per heavy atom. The maximum Gasteiger partial charge on any atom is 0.258 e. The predicted molar refractivity (Wildman–Crippen MR) is 103 cm³/mol. The van der Waals surface area contributed by atoms with Gasteiger partial charge in [-0.15, -0.1) is 0 Å². The highest BCUT2D eigenvalue weighted by molar-refractivity contribution is 6.34. The molecular weight excluding hydrogens is 366 g/mol. The second-order valence-corrected chi connectivity index (χ2v) is 7.08. The molecule has 4 rings (SSSR count). The van der Waals surface area contributed by atoms with E-state index in [1.54, 1.807) is 38.1 Å². The minimum absolute atomic E-state index is 0.232. The Kier molecular flexibility index (Phi) is 4.31. The van der Waals surface area contributed by atoms with Gasteiger partial charge in [-0.2, -0.15) is 9.78 Å². The maximum absolute atomic E-state index is 12.7. The first-order valence-corrected chi connectivity index (χ1v) is 9.05. The van der Waals surface area contributed by atoms with Crippen LogP contribution in [0.5, 0.6) is 0 Å². The zero-order chi connectivity index (χ0) is 19.1. The number of carbonyl (C=O) groups is 1. The number of rotatable bonds is 4. The zero-order valence-corrected chi connectivity index (χ0v) is 15.7. The largest absolute Gasteiger partial charge is 0.306 e. The third kappa shape index (κ3) is 3.38. The van der Waals surface area contributed by atoms with Crippen molar-refractivity contribution >= 4 is 23.3 Å². The number of anilines is 1. The van der Waals surface area contributed by atoms with Crippen LogP contribution in [-0.4, -0.2) is 25.7 Å². The third-order valence-corrected chi connectivity index (χ3v) is 5.00. The fourth-order valence-corrected chi connectivity index (χ4v) is 3.01. The van der Waals surface area contributed by atoms with E-state index in [1.807, 2.05) is 6.07 Å². The molecule has 1 amide bonds. The van der Waals surface area contributed by atoms with Crippen LogP contribution >= 0.6 is 11.6 Å². The summed E-state index contributed by atoms with van der Waals surface area (Å²) in [5.41, 5.74) is 2.16. The number of aromatic nitrogens is 4. The number of aromatic amines is 1. The van der Waals surface area contributed by atoms with Crippen molar-refractivity contribution in [2.45, 2.75) is 32.6 Å². The molecule has 2 N–H and O–H groups in total. The number of H-pyrrole nitrogens is 1. The molecule has 0 saturated heterocycles. The fraction of sp³-hybridized carbons (Fsp3) is 0.263. The van der Waals surface area contributed by atoms with Crippen molar-refractivity contribution < 1.29 is 4.79 Å². The Hall–Kier alpha value is -2.93. The van der Waals surface area contributed by atoms with Crippen LogP contribution in [0.15, 0.2) is 35.1 Å². The number of amides is 1.